The summed E-state index contributed by atoms with van der Waals surface area (Å²) >= 11 is 0. The Morgan fingerprint density at radius 2 is 0.400 bits per heavy atom. The fourth-order valence-electron chi connectivity index (χ4n) is 0. The molecule has 0 spiro atoms. The number of hydrogen-bond acceptors (Lipinski definition) is 7. The molecule has 0 unspecified atom stereocenters. The van der Waals surface area contributed by atoms with Gasteiger partial charge in [-0.2, -0.15) is 0 Å². The molecule has 0 aromatic rings. The average molecular weight is 372 g/mol. The molecule has 0 rings (SSSR count). The second-order valence-corrected chi connectivity index (χ2v) is 0. The molecule has 0 amide bonds. The monoisotopic (exact) mass is 372 g/mol. The molecule has 10 heteroatoms. The van der Waals surface area contributed by atoms with Crippen LogP contribution >= 0.6 is 0 Å². The van der Waals surface area contributed by atoms with Crippen LogP contribution in [0.1, 0.15) is 0 Å². The van der Waals surface area contributed by atoms with Gasteiger partial charge in [-0.1, -0.05) is 0 Å². The van der Waals surface area contributed by atoms with Crippen molar-refractivity contribution in [1.29, 1.82) is 0 Å². The predicted molar refractivity (Wildman–Crippen MR) is 13.6 cm³/mol. The summed E-state index contributed by atoms with van der Waals surface area (Å²) in [5.74, 6) is 0. The third-order valence-corrected chi connectivity index (χ3v) is 0. The average Bonchev–Trinajstić information content (AvgIpc) is 0. The minimum Gasteiger partial charge on any atom is -0.870 e. The van der Waals surface area contributed by atoms with Crippen LogP contribution in [0.4, 0.5) is 0 Å². The molecule has 0 radical (unpaired) electrons. The zero-order valence-corrected chi connectivity index (χ0v) is 10.1. The van der Waals surface area contributed by atoms with Crippen molar-refractivity contribution in [3.63, 3.8) is 0 Å². The molecule has 0 aliphatic carbocycles. The van der Waals surface area contributed by atoms with Gasteiger partial charge in [0.1, 0.15) is 0 Å². The van der Waals surface area contributed by atoms with E-state index in [0.717, 1.165) is 0 Å². The van der Waals surface area contributed by atoms with Gasteiger partial charge in [-0.3, -0.25) is 0 Å². The van der Waals surface area contributed by atoms with Gasteiger partial charge in [0, 0.05) is 0 Å². The van der Waals surface area contributed by atoms with Crippen LogP contribution in [0, 0.1) is 35.6 Å². The van der Waals surface area contributed by atoms with Gasteiger partial charge in [0.05, 0.1) is 0 Å². The molecule has 0 heterocycles. The maximum absolute atomic E-state index is 0. The fraction of sp³-hybridized carbons (Fsp3) is 0. The molecule has 0 aliphatic heterocycles. The fourth-order valence-corrected chi connectivity index (χ4v) is 0. The minimum atomic E-state index is 0. The van der Waals surface area contributed by atoms with Gasteiger partial charge in [-0.25, -0.2) is 0 Å². The van der Waals surface area contributed by atoms with E-state index in [0.29, 0.717) is 0 Å². The zero-order valence-electron chi connectivity index (χ0n) is 4.38. The molecular formula is H7FeLaNiO7. The summed E-state index contributed by atoms with van der Waals surface area (Å²) in [6.07, 6.45) is 0. The Morgan fingerprint density at radius 3 is 0.400 bits per heavy atom. The van der Waals surface area contributed by atoms with Crippen molar-refractivity contribution in [3.05, 3.63) is 0 Å². The Kier molecular flexibility index (Phi) is 11100. The van der Waals surface area contributed by atoms with Crippen LogP contribution in [0.15, 0.2) is 0 Å². The van der Waals surface area contributed by atoms with E-state index in [2.05, 4.69) is 0 Å². The summed E-state index contributed by atoms with van der Waals surface area (Å²) in [4.78, 5) is 0. The Hall–Kier alpha value is 1.93. The first-order valence-electron chi connectivity index (χ1n) is 0. The van der Waals surface area contributed by atoms with E-state index in [1.54, 1.807) is 0 Å². The number of hydrogen-bond donors (Lipinski definition) is 0. The zero-order chi connectivity index (χ0) is 0. The minimum absolute atomic E-state index is 0. The van der Waals surface area contributed by atoms with E-state index in [4.69, 9.17) is 0 Å². The van der Waals surface area contributed by atoms with Crippen LogP contribution in [0.5, 0.6) is 0 Å². The van der Waals surface area contributed by atoms with E-state index in [-0.39, 0.29) is 107 Å². The first-order chi connectivity index (χ1) is 0. The van der Waals surface area contributed by atoms with Crippen LogP contribution in [-0.4, -0.2) is 38.3 Å². The summed E-state index contributed by atoms with van der Waals surface area (Å²) < 4.78 is 0. The van der Waals surface area contributed by atoms with Gasteiger partial charge < -0.3 is 38.3 Å². The van der Waals surface area contributed by atoms with Gasteiger partial charge in [-0.05, 0) is 0 Å². The van der Waals surface area contributed by atoms with Crippen molar-refractivity contribution in [1.82, 2.24) is 0 Å². The van der Waals surface area contributed by atoms with E-state index in [9.17, 15) is 0 Å². The molecule has 0 atom stereocenters. The Balaban J connectivity index is 0. The molecule has 0 aromatic carbocycles. The van der Waals surface area contributed by atoms with E-state index >= 15 is 0 Å². The van der Waals surface area contributed by atoms with Crippen LogP contribution < -0.4 is 0 Å². The molecule has 7 nitrogen and oxygen atoms in total. The smallest absolute Gasteiger partial charge is 0.870 e. The summed E-state index contributed by atoms with van der Waals surface area (Å²) in [7, 11) is 0. The van der Waals surface area contributed by atoms with Crippen molar-refractivity contribution in [2.75, 3.05) is 0 Å². The molecule has 0 fully saturated rings. The third kappa shape index (κ3) is 213. The van der Waals surface area contributed by atoms with Crippen LogP contribution in [-0.2, 0) is 33.6 Å². The van der Waals surface area contributed by atoms with Gasteiger partial charge >= 0.3 is 69.2 Å². The van der Waals surface area contributed by atoms with Gasteiger partial charge in [0.15, 0.2) is 0 Å². The molecule has 0 saturated heterocycles. The summed E-state index contributed by atoms with van der Waals surface area (Å²) in [5.41, 5.74) is 0. The van der Waals surface area contributed by atoms with Gasteiger partial charge in [-0.15, -0.1) is 0 Å². The molecule has 0 aliphatic rings. The maximum atomic E-state index is 0. The molecule has 7 N–H and O–H groups in total. The SMILES string of the molecule is [Fe+2].[La+3].[Ni+2].[OH-].[OH-].[OH-].[OH-].[OH-].[OH-].[OH-]. The Bertz CT molecular complexity index is 13.6. The first-order valence-corrected chi connectivity index (χ1v) is 0. The van der Waals surface area contributed by atoms with Crippen molar-refractivity contribution < 1.29 is 107 Å². The van der Waals surface area contributed by atoms with Crippen molar-refractivity contribution in [2.24, 2.45) is 0 Å². The van der Waals surface area contributed by atoms with Crippen molar-refractivity contribution in [3.8, 4) is 0 Å². The quantitative estimate of drug-likeness (QED) is 0.471. The molecule has 10 heavy (non-hydrogen) atoms. The topological polar surface area (TPSA) is 210 Å². The third-order valence-electron chi connectivity index (χ3n) is 0. The molecule has 0 saturated carbocycles. The number of rotatable bonds is 0. The predicted octanol–water partition coefficient (Wildman–Crippen LogP) is -1.24. The Morgan fingerprint density at radius 1 is 0.400 bits per heavy atom. The van der Waals surface area contributed by atoms with Crippen LogP contribution in [0.2, 0.25) is 0 Å². The summed E-state index contributed by atoms with van der Waals surface area (Å²) in [6.45, 7) is 0. The van der Waals surface area contributed by atoms with Crippen LogP contribution in [0.3, 0.4) is 0 Å². The van der Waals surface area contributed by atoms with Crippen LogP contribution in [0.25, 0.3) is 0 Å². The van der Waals surface area contributed by atoms with E-state index in [1.165, 1.54) is 0 Å². The molecule has 0 aromatic heterocycles. The van der Waals surface area contributed by atoms with Crippen molar-refractivity contribution in [2.45, 2.75) is 0 Å². The second-order valence-electron chi connectivity index (χ2n) is 0. The second kappa shape index (κ2) is 290. The summed E-state index contributed by atoms with van der Waals surface area (Å²) in [5, 5.41) is 0. The largest absolute Gasteiger partial charge is 3.00 e. The van der Waals surface area contributed by atoms with Gasteiger partial charge in [0.2, 0.25) is 0 Å². The Labute approximate surface area is 106 Å². The van der Waals surface area contributed by atoms with Crippen molar-refractivity contribution >= 4 is 0 Å². The van der Waals surface area contributed by atoms with Gasteiger partial charge in [0.25, 0.3) is 0 Å². The molecule has 70 valence electrons. The standard InChI is InChI=1S/Fe.La.Ni.7H2O/h;;;7*1H2/q+2;+3;+2;;;;;;;/p-7. The van der Waals surface area contributed by atoms with E-state index < -0.39 is 0 Å². The molecular weight excluding hydrogens is 365 g/mol. The maximum Gasteiger partial charge on any atom is 3.00 e. The van der Waals surface area contributed by atoms with E-state index in [1.807, 2.05) is 0 Å². The summed E-state index contributed by atoms with van der Waals surface area (Å²) in [6, 6.07) is 0. The first kappa shape index (κ1) is 383. The molecule has 0 bridgehead atoms. The normalized spacial score (nSPS) is 0.